The Morgan fingerprint density at radius 1 is 1.40 bits per heavy atom. The lowest BCUT2D eigenvalue weighted by atomic mass is 9.75. The smallest absolute Gasteiger partial charge is 0.334 e. The van der Waals surface area contributed by atoms with E-state index in [1.54, 1.807) is 6.92 Å². The molecule has 0 aromatic heterocycles. The largest absolute Gasteiger partial charge is 0.492 e. The number of carbonyl (C=O) groups excluding carboxylic acids is 3. The van der Waals surface area contributed by atoms with Crippen LogP contribution in [0.15, 0.2) is 24.0 Å². The Bertz CT molecular complexity index is 816. The maximum Gasteiger partial charge on any atom is 0.334 e. The second-order valence-electron chi connectivity index (χ2n) is 8.79. The van der Waals surface area contributed by atoms with Gasteiger partial charge in [0.25, 0.3) is 0 Å². The number of hydrogen-bond donors (Lipinski definition) is 1. The van der Waals surface area contributed by atoms with Crippen molar-refractivity contribution in [2.45, 2.75) is 63.9 Å². The van der Waals surface area contributed by atoms with E-state index in [2.05, 4.69) is 6.58 Å². The number of aliphatic hydroxyl groups excluding tert-OH is 1. The summed E-state index contributed by atoms with van der Waals surface area (Å²) < 4.78 is 23.3. The molecular formula is C22H28O8. The van der Waals surface area contributed by atoms with Crippen LogP contribution in [-0.4, -0.2) is 53.5 Å². The third kappa shape index (κ3) is 2.95. The van der Waals surface area contributed by atoms with E-state index in [9.17, 15) is 19.5 Å². The Morgan fingerprint density at radius 3 is 2.77 bits per heavy atom. The third-order valence-electron chi connectivity index (χ3n) is 7.20. The van der Waals surface area contributed by atoms with Crippen LogP contribution in [0.5, 0.6) is 0 Å². The lowest BCUT2D eigenvalue weighted by molar-refractivity contribution is -0.172. The van der Waals surface area contributed by atoms with Gasteiger partial charge in [0.2, 0.25) is 0 Å². The molecule has 2 saturated carbocycles. The summed E-state index contributed by atoms with van der Waals surface area (Å²) in [5, 5.41) is 10.2. The first-order valence-electron chi connectivity index (χ1n) is 10.5. The Morgan fingerprint density at radius 2 is 2.13 bits per heavy atom. The van der Waals surface area contributed by atoms with Crippen molar-refractivity contribution in [2.75, 3.05) is 6.61 Å². The molecule has 2 aliphatic carbocycles. The molecule has 3 fully saturated rings. The second-order valence-corrected chi connectivity index (χ2v) is 8.79. The number of carbonyl (C=O) groups is 3. The van der Waals surface area contributed by atoms with Crippen molar-refractivity contribution in [2.24, 2.45) is 23.7 Å². The molecule has 0 spiro atoms. The molecule has 0 aromatic carbocycles. The number of fused-ring (bicyclic) bond motifs is 1. The molecular weight excluding hydrogens is 392 g/mol. The molecule has 0 aromatic rings. The molecule has 0 amide bonds. The van der Waals surface area contributed by atoms with Crippen LogP contribution in [0.1, 0.15) is 40.0 Å². The number of ether oxygens (including phenoxy) is 4. The van der Waals surface area contributed by atoms with E-state index >= 15 is 0 Å². The van der Waals surface area contributed by atoms with Crippen LogP contribution in [0.25, 0.3) is 0 Å². The molecule has 8 nitrogen and oxygen atoms in total. The van der Waals surface area contributed by atoms with Crippen LogP contribution < -0.4 is 0 Å². The van der Waals surface area contributed by atoms with Gasteiger partial charge in [-0.1, -0.05) is 20.4 Å². The van der Waals surface area contributed by atoms with Gasteiger partial charge < -0.3 is 24.1 Å². The minimum absolute atomic E-state index is 0.131. The molecule has 8 atom stereocenters. The lowest BCUT2D eigenvalue weighted by Gasteiger charge is -2.41. The summed E-state index contributed by atoms with van der Waals surface area (Å²) in [5.74, 6) is -3.07. The van der Waals surface area contributed by atoms with Crippen molar-refractivity contribution < 1.29 is 38.4 Å². The van der Waals surface area contributed by atoms with Gasteiger partial charge >= 0.3 is 17.9 Å². The van der Waals surface area contributed by atoms with Crippen molar-refractivity contribution in [1.29, 1.82) is 0 Å². The van der Waals surface area contributed by atoms with Crippen LogP contribution in [0.3, 0.4) is 0 Å². The average molecular weight is 420 g/mol. The summed E-state index contributed by atoms with van der Waals surface area (Å²) in [7, 11) is 0. The van der Waals surface area contributed by atoms with E-state index in [1.165, 1.54) is 13.2 Å². The van der Waals surface area contributed by atoms with Gasteiger partial charge in [0.1, 0.15) is 11.7 Å². The molecule has 4 bridgehead atoms. The van der Waals surface area contributed by atoms with Gasteiger partial charge in [0.05, 0.1) is 24.7 Å². The van der Waals surface area contributed by atoms with Gasteiger partial charge in [-0.3, -0.25) is 9.59 Å². The molecule has 4 rings (SSSR count). The minimum atomic E-state index is -0.964. The van der Waals surface area contributed by atoms with Crippen LogP contribution in [-0.2, 0) is 33.3 Å². The van der Waals surface area contributed by atoms with Crippen molar-refractivity contribution in [3.8, 4) is 0 Å². The molecule has 8 heteroatoms. The highest BCUT2D eigenvalue weighted by atomic mass is 16.6. The normalized spacial score (nSPS) is 39.8. The van der Waals surface area contributed by atoms with Crippen molar-refractivity contribution in [3.63, 3.8) is 0 Å². The second kappa shape index (κ2) is 7.41. The summed E-state index contributed by atoms with van der Waals surface area (Å²) in [6.07, 6.45) is 0.800. The minimum Gasteiger partial charge on any atom is -0.492 e. The van der Waals surface area contributed by atoms with Crippen molar-refractivity contribution in [3.05, 3.63) is 24.0 Å². The maximum absolute atomic E-state index is 12.7. The predicted molar refractivity (Wildman–Crippen MR) is 103 cm³/mol. The zero-order chi connectivity index (χ0) is 21.8. The highest BCUT2D eigenvalue weighted by Crippen LogP contribution is 2.59. The zero-order valence-electron chi connectivity index (χ0n) is 17.5. The molecule has 1 N–H and O–H groups in total. The van der Waals surface area contributed by atoms with Gasteiger partial charge in [-0.25, -0.2) is 4.79 Å². The molecule has 4 aliphatic rings. The van der Waals surface area contributed by atoms with Crippen LogP contribution in [0, 0.1) is 23.7 Å². The molecule has 0 radical (unpaired) electrons. The average Bonchev–Trinajstić information content (AvgIpc) is 3.13. The number of rotatable bonds is 5. The van der Waals surface area contributed by atoms with E-state index in [-0.39, 0.29) is 29.9 Å². The number of esters is 3. The van der Waals surface area contributed by atoms with E-state index in [4.69, 9.17) is 18.9 Å². The first kappa shape index (κ1) is 20.9. The fourth-order valence-electron chi connectivity index (χ4n) is 5.46. The van der Waals surface area contributed by atoms with E-state index in [0.717, 1.165) is 0 Å². The summed E-state index contributed by atoms with van der Waals surface area (Å²) in [6.45, 7) is 8.58. The van der Waals surface area contributed by atoms with Gasteiger partial charge in [-0.15, -0.1) is 0 Å². The maximum atomic E-state index is 12.7. The van der Waals surface area contributed by atoms with Gasteiger partial charge in [-0.05, 0) is 25.2 Å². The Labute approximate surface area is 175 Å². The molecule has 1 unspecified atom stereocenters. The topological polar surface area (TPSA) is 108 Å². The predicted octanol–water partition coefficient (Wildman–Crippen LogP) is 1.66. The molecule has 30 heavy (non-hydrogen) atoms. The highest BCUT2D eigenvalue weighted by molar-refractivity contribution is 5.91. The monoisotopic (exact) mass is 420 g/mol. The van der Waals surface area contributed by atoms with Crippen LogP contribution in [0.4, 0.5) is 0 Å². The number of hydrogen-bond acceptors (Lipinski definition) is 8. The first-order valence-corrected chi connectivity index (χ1v) is 10.5. The number of aliphatic hydroxyl groups is 1. The van der Waals surface area contributed by atoms with E-state index in [0.29, 0.717) is 24.8 Å². The third-order valence-corrected chi connectivity index (χ3v) is 7.20. The fourth-order valence-corrected chi connectivity index (χ4v) is 5.46. The summed E-state index contributed by atoms with van der Waals surface area (Å²) in [6, 6.07) is 0. The van der Waals surface area contributed by atoms with Crippen LogP contribution in [0.2, 0.25) is 0 Å². The van der Waals surface area contributed by atoms with E-state index < -0.39 is 47.7 Å². The summed E-state index contributed by atoms with van der Waals surface area (Å²) in [5.41, 5.74) is -0.0185. The molecule has 164 valence electrons. The van der Waals surface area contributed by atoms with Gasteiger partial charge in [-0.2, -0.15) is 0 Å². The molecule has 2 heterocycles. The summed E-state index contributed by atoms with van der Waals surface area (Å²) in [4.78, 5) is 37.2. The summed E-state index contributed by atoms with van der Waals surface area (Å²) >= 11 is 0. The van der Waals surface area contributed by atoms with Crippen molar-refractivity contribution in [1.82, 2.24) is 0 Å². The van der Waals surface area contributed by atoms with Gasteiger partial charge in [0.15, 0.2) is 12.2 Å². The quantitative estimate of drug-likeness (QED) is 0.406. The highest BCUT2D eigenvalue weighted by Gasteiger charge is 2.67. The fraction of sp³-hybridized carbons (Fsp3) is 0.682. The Kier molecular flexibility index (Phi) is 5.16. The Balaban J connectivity index is 1.84. The SMILES string of the molecule is C=C1C(=O)O[C@H]2[C@H]1[C@H](OC(=O)C(C)CC)[C@@H](OC(C)=O)C1=CO[C@@]3(CO)CC[C@@H]1[C@@H]23. The molecule has 2 aliphatic heterocycles. The van der Waals surface area contributed by atoms with Gasteiger partial charge in [0, 0.05) is 24.0 Å². The Hall–Kier alpha value is -2.35. The molecule has 1 saturated heterocycles. The standard InChI is InChI=1S/C22H28O8/c1-5-10(2)20(25)30-19-15-11(3)21(26)29-18(15)16-13-6-7-22(16,9-23)27-8-14(13)17(19)28-12(4)24/h8,10,13,15-19,23H,3,5-7,9H2,1-2,4H3/t10?,13-,15-,16-,17-,18-,19-,22+/m0/s1. The van der Waals surface area contributed by atoms with E-state index in [1.807, 2.05) is 6.92 Å². The van der Waals surface area contributed by atoms with Crippen LogP contribution >= 0.6 is 0 Å². The lowest BCUT2D eigenvalue weighted by Crippen LogP contribution is -2.50. The van der Waals surface area contributed by atoms with Crippen molar-refractivity contribution >= 4 is 17.9 Å². The zero-order valence-corrected chi connectivity index (χ0v) is 17.5. The first-order chi connectivity index (χ1) is 14.2.